The Morgan fingerprint density at radius 3 is 3.16 bits per heavy atom. The molecule has 2 aromatic heterocycles. The number of benzene rings is 1. The lowest BCUT2D eigenvalue weighted by molar-refractivity contribution is 0.340. The summed E-state index contributed by atoms with van der Waals surface area (Å²) in [6.45, 7) is 2.60. The minimum Gasteiger partial charge on any atom is -0.494 e. The molecule has 0 unspecified atom stereocenters. The molecule has 0 bridgehead atoms. The lowest BCUT2D eigenvalue weighted by Gasteiger charge is -2.06. The fraction of sp³-hybridized carbons (Fsp3) is 0.154. The molecule has 96 valence electrons. The van der Waals surface area contributed by atoms with Gasteiger partial charge in [0.25, 0.3) is 0 Å². The van der Waals surface area contributed by atoms with E-state index in [1.165, 1.54) is 6.33 Å². The van der Waals surface area contributed by atoms with Crippen LogP contribution in [0.4, 0.5) is 11.6 Å². The molecule has 6 nitrogen and oxygen atoms in total. The number of nitrogens with zero attached hydrogens (tertiary/aromatic N) is 3. The quantitative estimate of drug-likeness (QED) is 0.749. The molecule has 19 heavy (non-hydrogen) atoms. The van der Waals surface area contributed by atoms with Crippen LogP contribution in [0, 0.1) is 0 Å². The van der Waals surface area contributed by atoms with Gasteiger partial charge in [-0.1, -0.05) is 6.07 Å². The van der Waals surface area contributed by atoms with Gasteiger partial charge in [-0.2, -0.15) is 4.98 Å². The Labute approximate surface area is 109 Å². The van der Waals surface area contributed by atoms with E-state index in [4.69, 9.17) is 4.74 Å². The van der Waals surface area contributed by atoms with Gasteiger partial charge in [0.05, 0.1) is 12.8 Å². The monoisotopic (exact) mass is 255 g/mol. The van der Waals surface area contributed by atoms with Crippen LogP contribution in [0.2, 0.25) is 0 Å². The first-order valence-electron chi connectivity index (χ1n) is 6.01. The van der Waals surface area contributed by atoms with Gasteiger partial charge in [-0.05, 0) is 19.1 Å². The summed E-state index contributed by atoms with van der Waals surface area (Å²) in [5, 5.41) is 3.18. The maximum Gasteiger partial charge on any atom is 0.207 e. The molecule has 2 N–H and O–H groups in total. The Morgan fingerprint density at radius 1 is 1.37 bits per heavy atom. The predicted molar refractivity (Wildman–Crippen MR) is 72.6 cm³/mol. The smallest absolute Gasteiger partial charge is 0.207 e. The first kappa shape index (κ1) is 11.5. The summed E-state index contributed by atoms with van der Waals surface area (Å²) in [4.78, 5) is 15.4. The average Bonchev–Trinajstić information content (AvgIpc) is 2.81. The highest BCUT2D eigenvalue weighted by molar-refractivity contribution is 5.73. The maximum absolute atomic E-state index is 5.45. The van der Waals surface area contributed by atoms with Gasteiger partial charge in [0.2, 0.25) is 5.95 Å². The van der Waals surface area contributed by atoms with E-state index in [-0.39, 0.29) is 0 Å². The van der Waals surface area contributed by atoms with Crippen LogP contribution in [0.1, 0.15) is 6.92 Å². The van der Waals surface area contributed by atoms with Crippen LogP contribution in [-0.2, 0) is 0 Å². The van der Waals surface area contributed by atoms with Crippen molar-refractivity contribution in [2.45, 2.75) is 6.92 Å². The van der Waals surface area contributed by atoms with Gasteiger partial charge in [0.15, 0.2) is 5.65 Å². The van der Waals surface area contributed by atoms with Crippen molar-refractivity contribution in [1.29, 1.82) is 0 Å². The minimum atomic E-state index is 0.629. The SMILES string of the molecule is CCOc1cccc(Nc2nc3ncncc3[nH]2)c1. The van der Waals surface area contributed by atoms with Crippen LogP contribution in [0.3, 0.4) is 0 Å². The second-order valence-electron chi connectivity index (χ2n) is 3.93. The molecule has 1 aromatic carbocycles. The number of nitrogens with one attached hydrogen (secondary N) is 2. The summed E-state index contributed by atoms with van der Waals surface area (Å²) in [5.41, 5.74) is 2.34. The first-order valence-corrected chi connectivity index (χ1v) is 6.01. The van der Waals surface area contributed by atoms with Crippen molar-refractivity contribution in [1.82, 2.24) is 19.9 Å². The first-order chi connectivity index (χ1) is 9.35. The van der Waals surface area contributed by atoms with Crippen LogP contribution < -0.4 is 10.1 Å². The molecule has 0 saturated carbocycles. The van der Waals surface area contributed by atoms with Crippen LogP contribution in [0.25, 0.3) is 11.2 Å². The normalized spacial score (nSPS) is 10.6. The lowest BCUT2D eigenvalue weighted by atomic mass is 10.3. The third-order valence-electron chi connectivity index (χ3n) is 2.57. The Bertz CT molecular complexity index is 661. The summed E-state index contributed by atoms with van der Waals surface area (Å²) in [6.07, 6.45) is 3.17. The number of rotatable bonds is 4. The van der Waals surface area contributed by atoms with Crippen LogP contribution in [0.15, 0.2) is 36.8 Å². The van der Waals surface area contributed by atoms with Crippen LogP contribution >= 0.6 is 0 Å². The lowest BCUT2D eigenvalue weighted by Crippen LogP contribution is -1.95. The molecular weight excluding hydrogens is 242 g/mol. The summed E-state index contributed by atoms with van der Waals surface area (Å²) < 4.78 is 5.45. The van der Waals surface area contributed by atoms with Gasteiger partial charge in [0, 0.05) is 11.8 Å². The van der Waals surface area contributed by atoms with Crippen LogP contribution in [0.5, 0.6) is 5.75 Å². The molecule has 3 rings (SSSR count). The van der Waals surface area contributed by atoms with E-state index in [1.54, 1.807) is 6.20 Å². The molecule has 0 radical (unpaired) electrons. The van der Waals surface area contributed by atoms with Gasteiger partial charge in [-0.3, -0.25) is 0 Å². The van der Waals surface area contributed by atoms with E-state index in [9.17, 15) is 0 Å². The van der Waals surface area contributed by atoms with E-state index < -0.39 is 0 Å². The molecule has 0 atom stereocenters. The number of aromatic amines is 1. The number of hydrogen-bond donors (Lipinski definition) is 2. The van der Waals surface area contributed by atoms with Crippen molar-refractivity contribution in [3.05, 3.63) is 36.8 Å². The van der Waals surface area contributed by atoms with Gasteiger partial charge in [0.1, 0.15) is 17.6 Å². The zero-order chi connectivity index (χ0) is 13.1. The Balaban J connectivity index is 1.85. The fourth-order valence-electron chi connectivity index (χ4n) is 1.79. The molecule has 6 heteroatoms. The summed E-state index contributed by atoms with van der Waals surface area (Å²) in [7, 11) is 0. The Kier molecular flexibility index (Phi) is 2.97. The second kappa shape index (κ2) is 4.93. The highest BCUT2D eigenvalue weighted by Gasteiger charge is 2.04. The van der Waals surface area contributed by atoms with Crippen molar-refractivity contribution in [2.24, 2.45) is 0 Å². The summed E-state index contributed by atoms with van der Waals surface area (Å²) >= 11 is 0. The zero-order valence-electron chi connectivity index (χ0n) is 10.4. The highest BCUT2D eigenvalue weighted by atomic mass is 16.5. The third-order valence-corrected chi connectivity index (χ3v) is 2.57. The molecule has 3 aromatic rings. The van der Waals surface area contributed by atoms with Crippen molar-refractivity contribution < 1.29 is 4.74 Å². The molecule has 0 amide bonds. The number of anilines is 2. The topological polar surface area (TPSA) is 75.7 Å². The van der Waals surface area contributed by atoms with Gasteiger partial charge < -0.3 is 15.0 Å². The number of hydrogen-bond acceptors (Lipinski definition) is 5. The van der Waals surface area contributed by atoms with Crippen molar-refractivity contribution in [3.63, 3.8) is 0 Å². The summed E-state index contributed by atoms with van der Waals surface area (Å²) in [6, 6.07) is 7.71. The number of imidazole rings is 1. The van der Waals surface area contributed by atoms with E-state index in [0.29, 0.717) is 18.2 Å². The minimum absolute atomic E-state index is 0.629. The number of H-pyrrole nitrogens is 1. The fourth-order valence-corrected chi connectivity index (χ4v) is 1.79. The standard InChI is InChI=1S/C13H13N5O/c1-2-19-10-5-3-4-9(6-10)16-13-17-11-7-14-8-15-12(11)18-13/h3-8H,2H2,1H3,(H2,14,15,16,17,18). The van der Waals surface area contributed by atoms with Crippen molar-refractivity contribution in [3.8, 4) is 5.75 Å². The van der Waals surface area contributed by atoms with Crippen molar-refractivity contribution in [2.75, 3.05) is 11.9 Å². The van der Waals surface area contributed by atoms with Crippen LogP contribution in [-0.4, -0.2) is 26.5 Å². The number of ether oxygens (including phenoxy) is 1. The summed E-state index contributed by atoms with van der Waals surface area (Å²) in [5.74, 6) is 1.45. The molecule has 0 aliphatic carbocycles. The van der Waals surface area contributed by atoms with E-state index in [1.807, 2.05) is 31.2 Å². The van der Waals surface area contributed by atoms with E-state index in [2.05, 4.69) is 25.3 Å². The Morgan fingerprint density at radius 2 is 2.32 bits per heavy atom. The largest absolute Gasteiger partial charge is 0.494 e. The second-order valence-corrected chi connectivity index (χ2v) is 3.93. The number of fused-ring (bicyclic) bond motifs is 1. The van der Waals surface area contributed by atoms with Gasteiger partial charge >= 0.3 is 0 Å². The molecule has 0 aliphatic rings. The molecule has 0 spiro atoms. The molecule has 0 fully saturated rings. The van der Waals surface area contributed by atoms with Crippen molar-refractivity contribution >= 4 is 22.8 Å². The maximum atomic E-state index is 5.45. The molecular formula is C13H13N5O. The van der Waals surface area contributed by atoms with Gasteiger partial charge in [-0.25, -0.2) is 9.97 Å². The number of aromatic nitrogens is 4. The molecule has 0 saturated heterocycles. The highest BCUT2D eigenvalue weighted by Crippen LogP contribution is 2.21. The molecule has 2 heterocycles. The Hall–Kier alpha value is -2.63. The third kappa shape index (κ3) is 2.47. The average molecular weight is 255 g/mol. The predicted octanol–water partition coefficient (Wildman–Crippen LogP) is 2.50. The molecule has 0 aliphatic heterocycles. The van der Waals surface area contributed by atoms with E-state index in [0.717, 1.165) is 17.0 Å². The zero-order valence-corrected chi connectivity index (χ0v) is 10.4. The van der Waals surface area contributed by atoms with E-state index >= 15 is 0 Å². The van der Waals surface area contributed by atoms with Gasteiger partial charge in [-0.15, -0.1) is 0 Å².